The van der Waals surface area contributed by atoms with Gasteiger partial charge in [-0.1, -0.05) is 0 Å². The predicted molar refractivity (Wildman–Crippen MR) is 64.1 cm³/mol. The molecule has 0 aliphatic carbocycles. The molecule has 0 aromatic heterocycles. The Balaban J connectivity index is 1.88. The first-order chi connectivity index (χ1) is 8.39. The van der Waals surface area contributed by atoms with Crippen molar-refractivity contribution in [1.29, 1.82) is 0 Å². The lowest BCUT2D eigenvalue weighted by atomic mass is 9.94. The number of amides is 2. The molecule has 2 aliphatic rings. The molecule has 0 bridgehead atoms. The fourth-order valence-electron chi connectivity index (χ4n) is 2.52. The Kier molecular flexibility index (Phi) is 3.47. The number of likely N-dealkylation sites (tertiary alicyclic amines) is 2. The van der Waals surface area contributed by atoms with Gasteiger partial charge in [0.2, 0.25) is 0 Å². The van der Waals surface area contributed by atoms with Gasteiger partial charge in [-0.05, 0) is 26.2 Å². The summed E-state index contributed by atoms with van der Waals surface area (Å²) >= 11 is 0. The summed E-state index contributed by atoms with van der Waals surface area (Å²) in [5.41, 5.74) is -0.675. The van der Waals surface area contributed by atoms with Crippen molar-refractivity contribution in [2.45, 2.75) is 31.8 Å². The van der Waals surface area contributed by atoms with E-state index >= 15 is 0 Å². The summed E-state index contributed by atoms with van der Waals surface area (Å²) in [5, 5.41) is 18.7. The molecule has 1 atom stereocenters. The van der Waals surface area contributed by atoms with Gasteiger partial charge in [-0.15, -0.1) is 0 Å². The van der Waals surface area contributed by atoms with Crippen LogP contribution in [0.5, 0.6) is 0 Å². The molecule has 0 radical (unpaired) electrons. The molecule has 0 aromatic rings. The van der Waals surface area contributed by atoms with Crippen LogP contribution in [0.15, 0.2) is 0 Å². The van der Waals surface area contributed by atoms with Gasteiger partial charge < -0.3 is 20.0 Å². The Bertz CT molecular complexity index is 346. The monoisotopic (exact) mass is 256 g/mol. The van der Waals surface area contributed by atoms with Crippen LogP contribution in [-0.4, -0.2) is 63.8 Å². The van der Waals surface area contributed by atoms with E-state index in [9.17, 15) is 14.7 Å². The summed E-state index contributed by atoms with van der Waals surface area (Å²) in [6, 6.07) is -0.0887. The standard InChI is InChI=1S/C12H20N2O4/c1-12(18)3-6-13(7-4-12)11(17)14-5-2-9(8-14)10(15)16/h9,18H,2-8H2,1H3,(H,15,16). The third kappa shape index (κ3) is 2.75. The van der Waals surface area contributed by atoms with E-state index in [0.717, 1.165) is 0 Å². The van der Waals surface area contributed by atoms with E-state index in [1.807, 2.05) is 0 Å². The zero-order valence-corrected chi connectivity index (χ0v) is 10.6. The zero-order valence-electron chi connectivity index (χ0n) is 10.6. The molecule has 0 saturated carbocycles. The highest BCUT2D eigenvalue weighted by Crippen LogP contribution is 2.24. The highest BCUT2D eigenvalue weighted by atomic mass is 16.4. The first kappa shape index (κ1) is 13.1. The number of piperidine rings is 1. The minimum atomic E-state index is -0.827. The summed E-state index contributed by atoms with van der Waals surface area (Å²) in [6.45, 7) is 3.69. The van der Waals surface area contributed by atoms with E-state index in [-0.39, 0.29) is 6.03 Å². The number of hydrogen-bond acceptors (Lipinski definition) is 3. The van der Waals surface area contributed by atoms with Crippen molar-refractivity contribution >= 4 is 12.0 Å². The van der Waals surface area contributed by atoms with Crippen molar-refractivity contribution in [2.75, 3.05) is 26.2 Å². The second-order valence-corrected chi connectivity index (χ2v) is 5.54. The maximum absolute atomic E-state index is 12.2. The lowest BCUT2D eigenvalue weighted by Crippen LogP contribution is -2.49. The van der Waals surface area contributed by atoms with Crippen molar-refractivity contribution in [3.63, 3.8) is 0 Å². The van der Waals surface area contributed by atoms with Gasteiger partial charge >= 0.3 is 12.0 Å². The molecule has 6 heteroatoms. The van der Waals surface area contributed by atoms with E-state index in [2.05, 4.69) is 0 Å². The molecule has 2 aliphatic heterocycles. The van der Waals surface area contributed by atoms with Crippen molar-refractivity contribution in [3.8, 4) is 0 Å². The Morgan fingerprint density at radius 1 is 1.17 bits per heavy atom. The summed E-state index contributed by atoms with van der Waals surface area (Å²) in [5.74, 6) is -1.26. The van der Waals surface area contributed by atoms with Crippen LogP contribution < -0.4 is 0 Å². The van der Waals surface area contributed by atoms with E-state index in [1.165, 1.54) is 0 Å². The second kappa shape index (κ2) is 4.76. The molecule has 2 heterocycles. The molecule has 2 amide bonds. The van der Waals surface area contributed by atoms with Gasteiger partial charge in [-0.2, -0.15) is 0 Å². The molecule has 2 N–H and O–H groups in total. The van der Waals surface area contributed by atoms with E-state index in [0.29, 0.717) is 45.4 Å². The maximum atomic E-state index is 12.2. The van der Waals surface area contributed by atoms with Crippen LogP contribution in [0.25, 0.3) is 0 Å². The van der Waals surface area contributed by atoms with Crippen LogP contribution in [-0.2, 0) is 4.79 Å². The maximum Gasteiger partial charge on any atom is 0.320 e. The van der Waals surface area contributed by atoms with Crippen LogP contribution in [0.4, 0.5) is 4.79 Å². The Labute approximate surface area is 106 Å². The largest absolute Gasteiger partial charge is 0.481 e. The van der Waals surface area contributed by atoms with Crippen LogP contribution >= 0.6 is 0 Å². The SMILES string of the molecule is CC1(O)CCN(C(=O)N2CCC(C(=O)O)C2)CC1. The average Bonchev–Trinajstić information content (AvgIpc) is 2.77. The van der Waals surface area contributed by atoms with Gasteiger partial charge in [-0.25, -0.2) is 4.79 Å². The predicted octanol–water partition coefficient (Wildman–Crippen LogP) is 0.360. The summed E-state index contributed by atoms with van der Waals surface area (Å²) in [7, 11) is 0. The number of aliphatic carboxylic acids is 1. The molecule has 2 fully saturated rings. The van der Waals surface area contributed by atoms with Crippen molar-refractivity contribution < 1.29 is 19.8 Å². The molecule has 1 unspecified atom stereocenters. The molecule has 2 rings (SSSR count). The minimum absolute atomic E-state index is 0.0887. The first-order valence-electron chi connectivity index (χ1n) is 6.38. The summed E-state index contributed by atoms with van der Waals surface area (Å²) < 4.78 is 0. The molecule has 2 saturated heterocycles. The fourth-order valence-corrected chi connectivity index (χ4v) is 2.52. The fraction of sp³-hybridized carbons (Fsp3) is 0.833. The van der Waals surface area contributed by atoms with Gasteiger partial charge in [0, 0.05) is 26.2 Å². The molecular formula is C12H20N2O4. The first-order valence-corrected chi connectivity index (χ1v) is 6.38. The van der Waals surface area contributed by atoms with Crippen LogP contribution in [0.3, 0.4) is 0 Å². The highest BCUT2D eigenvalue weighted by Gasteiger charge is 2.35. The van der Waals surface area contributed by atoms with Gasteiger partial charge in [0.05, 0.1) is 11.5 Å². The third-order valence-corrected chi connectivity index (χ3v) is 3.92. The van der Waals surface area contributed by atoms with E-state index < -0.39 is 17.5 Å². The third-order valence-electron chi connectivity index (χ3n) is 3.92. The van der Waals surface area contributed by atoms with E-state index in [1.54, 1.807) is 16.7 Å². The second-order valence-electron chi connectivity index (χ2n) is 5.54. The number of carbonyl (C=O) groups is 2. The number of carbonyl (C=O) groups excluding carboxylic acids is 1. The lowest BCUT2D eigenvalue weighted by Gasteiger charge is -2.37. The molecule has 102 valence electrons. The van der Waals surface area contributed by atoms with Gasteiger partial charge in [0.1, 0.15) is 0 Å². The molecule has 0 aromatic carbocycles. The smallest absolute Gasteiger partial charge is 0.320 e. The average molecular weight is 256 g/mol. The van der Waals surface area contributed by atoms with Crippen molar-refractivity contribution in [1.82, 2.24) is 9.80 Å². The molecular weight excluding hydrogens is 236 g/mol. The topological polar surface area (TPSA) is 81.1 Å². The van der Waals surface area contributed by atoms with Crippen molar-refractivity contribution in [3.05, 3.63) is 0 Å². The lowest BCUT2D eigenvalue weighted by molar-refractivity contribution is -0.141. The van der Waals surface area contributed by atoms with Crippen molar-refractivity contribution in [2.24, 2.45) is 5.92 Å². The Hall–Kier alpha value is -1.30. The van der Waals surface area contributed by atoms with Crippen LogP contribution in [0.1, 0.15) is 26.2 Å². The highest BCUT2D eigenvalue weighted by molar-refractivity contribution is 5.77. The number of carboxylic acids is 1. The van der Waals surface area contributed by atoms with Crippen LogP contribution in [0, 0.1) is 5.92 Å². The van der Waals surface area contributed by atoms with Crippen LogP contribution in [0.2, 0.25) is 0 Å². The number of carboxylic acid groups (broad SMARTS) is 1. The Morgan fingerprint density at radius 2 is 1.78 bits per heavy atom. The minimum Gasteiger partial charge on any atom is -0.481 e. The number of aliphatic hydroxyl groups is 1. The van der Waals surface area contributed by atoms with Gasteiger partial charge in [0.15, 0.2) is 0 Å². The molecule has 6 nitrogen and oxygen atoms in total. The summed E-state index contributed by atoms with van der Waals surface area (Å²) in [4.78, 5) is 26.3. The van der Waals surface area contributed by atoms with E-state index in [4.69, 9.17) is 5.11 Å². The molecule has 18 heavy (non-hydrogen) atoms. The normalized spacial score (nSPS) is 27.3. The number of nitrogens with zero attached hydrogens (tertiary/aromatic N) is 2. The number of hydrogen-bond donors (Lipinski definition) is 2. The Morgan fingerprint density at radius 3 is 2.28 bits per heavy atom. The van der Waals surface area contributed by atoms with Gasteiger partial charge in [-0.3, -0.25) is 4.79 Å². The van der Waals surface area contributed by atoms with Gasteiger partial charge in [0.25, 0.3) is 0 Å². The zero-order chi connectivity index (χ0) is 13.3. The number of urea groups is 1. The quantitative estimate of drug-likeness (QED) is 0.709. The number of rotatable bonds is 1. The summed E-state index contributed by atoms with van der Waals surface area (Å²) in [6.07, 6.45) is 1.69. The molecule has 0 spiro atoms.